The van der Waals surface area contributed by atoms with Crippen LogP contribution in [0.1, 0.15) is 12.8 Å². The van der Waals surface area contributed by atoms with E-state index in [1.165, 1.54) is 0 Å². The van der Waals surface area contributed by atoms with E-state index in [2.05, 4.69) is 15.5 Å². The molecule has 1 saturated heterocycles. The lowest BCUT2D eigenvalue weighted by atomic mass is 10.1. The lowest BCUT2D eigenvalue weighted by Crippen LogP contribution is -2.31. The molecule has 0 saturated carbocycles. The molecule has 1 aliphatic rings. The molecule has 1 aliphatic heterocycles. The number of H-pyrrole nitrogens is 1. The smallest absolute Gasteiger partial charge is 0.150 e. The van der Waals surface area contributed by atoms with E-state index in [-0.39, 0.29) is 6.04 Å². The lowest BCUT2D eigenvalue weighted by molar-refractivity contribution is 0.559. The van der Waals surface area contributed by atoms with Crippen molar-refractivity contribution in [3.63, 3.8) is 0 Å². The molecular weight excluding hydrogens is 202 g/mol. The Morgan fingerprint density at radius 3 is 2.71 bits per heavy atom. The number of hydrogen-bond acceptors (Lipinski definition) is 4. The number of nitrogens with one attached hydrogen (secondary N) is 2. The zero-order chi connectivity index (χ0) is 10.0. The summed E-state index contributed by atoms with van der Waals surface area (Å²) in [6.07, 6.45) is 4.84. The first-order valence-corrected chi connectivity index (χ1v) is 6.44. The second-order valence-electron chi connectivity index (χ2n) is 3.56. The van der Waals surface area contributed by atoms with Crippen LogP contribution in [0.25, 0.3) is 0 Å². The maximum absolute atomic E-state index is 11.2. The Bertz CT molecular complexity index is 371. The average Bonchev–Trinajstić information content (AvgIpc) is 2.61. The van der Waals surface area contributed by atoms with Crippen molar-refractivity contribution in [1.82, 2.24) is 10.2 Å². The highest BCUT2D eigenvalue weighted by Gasteiger charge is 2.23. The first kappa shape index (κ1) is 9.51. The van der Waals surface area contributed by atoms with E-state index in [1.54, 1.807) is 12.4 Å². The Morgan fingerprint density at radius 1 is 1.43 bits per heavy atom. The number of hydrogen-bond donors (Lipinski definition) is 2. The van der Waals surface area contributed by atoms with E-state index in [0.717, 1.165) is 5.69 Å². The Labute approximate surface area is 82.8 Å². The highest BCUT2D eigenvalue weighted by molar-refractivity contribution is 7.91. The molecule has 2 rings (SSSR count). The van der Waals surface area contributed by atoms with Crippen LogP contribution in [0.3, 0.4) is 0 Å². The minimum atomic E-state index is -2.76. The summed E-state index contributed by atoms with van der Waals surface area (Å²) in [5.74, 6) is 0.588. The summed E-state index contributed by atoms with van der Waals surface area (Å²) >= 11 is 0. The summed E-state index contributed by atoms with van der Waals surface area (Å²) in [7, 11) is -2.76. The van der Waals surface area contributed by atoms with Crippen LogP contribution < -0.4 is 5.32 Å². The third kappa shape index (κ3) is 2.25. The molecule has 78 valence electrons. The summed E-state index contributed by atoms with van der Waals surface area (Å²) in [6, 6.07) is 0.260. The average molecular weight is 215 g/mol. The van der Waals surface area contributed by atoms with Gasteiger partial charge in [-0.1, -0.05) is 0 Å². The van der Waals surface area contributed by atoms with Crippen LogP contribution >= 0.6 is 0 Å². The summed E-state index contributed by atoms with van der Waals surface area (Å²) in [6.45, 7) is 0. The Morgan fingerprint density at radius 2 is 2.14 bits per heavy atom. The highest BCUT2D eigenvalue weighted by Crippen LogP contribution is 2.16. The number of aromatic nitrogens is 2. The molecule has 0 aromatic carbocycles. The number of anilines is 1. The van der Waals surface area contributed by atoms with Gasteiger partial charge in [0.2, 0.25) is 0 Å². The fraction of sp³-hybridized carbons (Fsp3) is 0.625. The van der Waals surface area contributed by atoms with E-state index in [1.807, 2.05) is 0 Å². The van der Waals surface area contributed by atoms with Gasteiger partial charge in [-0.25, -0.2) is 8.42 Å². The fourth-order valence-corrected chi connectivity index (χ4v) is 3.09. The van der Waals surface area contributed by atoms with Gasteiger partial charge >= 0.3 is 0 Å². The minimum Gasteiger partial charge on any atom is -0.380 e. The van der Waals surface area contributed by atoms with Crippen LogP contribution in [0.2, 0.25) is 0 Å². The van der Waals surface area contributed by atoms with Gasteiger partial charge in [0.05, 0.1) is 23.4 Å². The van der Waals surface area contributed by atoms with Gasteiger partial charge in [-0.05, 0) is 12.8 Å². The van der Waals surface area contributed by atoms with Gasteiger partial charge in [0.15, 0.2) is 0 Å². The Hall–Kier alpha value is -1.04. The van der Waals surface area contributed by atoms with E-state index in [9.17, 15) is 8.42 Å². The molecular formula is C8H13N3O2S. The van der Waals surface area contributed by atoms with Crippen LogP contribution in [-0.4, -0.2) is 36.2 Å². The maximum atomic E-state index is 11.2. The van der Waals surface area contributed by atoms with Crippen molar-refractivity contribution in [2.24, 2.45) is 0 Å². The zero-order valence-corrected chi connectivity index (χ0v) is 8.55. The fourth-order valence-electron chi connectivity index (χ4n) is 1.60. The van der Waals surface area contributed by atoms with Crippen LogP contribution in [-0.2, 0) is 9.84 Å². The number of aromatic amines is 1. The first-order chi connectivity index (χ1) is 6.66. The summed E-state index contributed by atoms with van der Waals surface area (Å²) in [5.41, 5.74) is 0.925. The van der Waals surface area contributed by atoms with Crippen LogP contribution in [0.15, 0.2) is 12.4 Å². The monoisotopic (exact) mass is 215 g/mol. The summed E-state index contributed by atoms with van der Waals surface area (Å²) < 4.78 is 22.3. The molecule has 1 fully saturated rings. The summed E-state index contributed by atoms with van der Waals surface area (Å²) in [4.78, 5) is 0. The van der Waals surface area contributed by atoms with Crippen LogP contribution in [0.5, 0.6) is 0 Å². The minimum absolute atomic E-state index is 0.260. The molecule has 14 heavy (non-hydrogen) atoms. The third-order valence-electron chi connectivity index (χ3n) is 2.42. The highest BCUT2D eigenvalue weighted by atomic mass is 32.2. The van der Waals surface area contributed by atoms with E-state index < -0.39 is 9.84 Å². The maximum Gasteiger partial charge on any atom is 0.150 e. The van der Waals surface area contributed by atoms with Crippen molar-refractivity contribution in [2.75, 3.05) is 16.8 Å². The van der Waals surface area contributed by atoms with Gasteiger partial charge in [0, 0.05) is 12.2 Å². The van der Waals surface area contributed by atoms with Gasteiger partial charge in [-0.15, -0.1) is 0 Å². The van der Waals surface area contributed by atoms with Crippen molar-refractivity contribution >= 4 is 15.5 Å². The largest absolute Gasteiger partial charge is 0.380 e. The second-order valence-corrected chi connectivity index (χ2v) is 5.86. The molecule has 0 spiro atoms. The molecule has 0 radical (unpaired) electrons. The first-order valence-electron chi connectivity index (χ1n) is 4.61. The molecule has 2 heterocycles. The molecule has 5 nitrogen and oxygen atoms in total. The molecule has 0 unspecified atom stereocenters. The third-order valence-corrected chi connectivity index (χ3v) is 4.14. The van der Waals surface area contributed by atoms with Crippen molar-refractivity contribution < 1.29 is 8.42 Å². The molecule has 0 aliphatic carbocycles. The molecule has 0 atom stereocenters. The van der Waals surface area contributed by atoms with Crippen molar-refractivity contribution in [3.8, 4) is 0 Å². The van der Waals surface area contributed by atoms with Crippen molar-refractivity contribution in [3.05, 3.63) is 12.4 Å². The van der Waals surface area contributed by atoms with Crippen LogP contribution in [0, 0.1) is 0 Å². The van der Waals surface area contributed by atoms with E-state index in [0.29, 0.717) is 24.3 Å². The SMILES string of the molecule is O=S1(=O)CCC(Nc2cn[nH]c2)CC1. The zero-order valence-electron chi connectivity index (χ0n) is 7.73. The summed E-state index contributed by atoms with van der Waals surface area (Å²) in [5, 5.41) is 9.76. The number of sulfone groups is 1. The number of nitrogens with zero attached hydrogens (tertiary/aromatic N) is 1. The topological polar surface area (TPSA) is 74.8 Å². The molecule has 6 heteroatoms. The van der Waals surface area contributed by atoms with Crippen LogP contribution in [0.4, 0.5) is 5.69 Å². The molecule has 1 aromatic heterocycles. The molecule has 0 amide bonds. The Balaban J connectivity index is 1.91. The molecule has 2 N–H and O–H groups in total. The molecule has 1 aromatic rings. The predicted octanol–water partition coefficient (Wildman–Crippen LogP) is 0.399. The van der Waals surface area contributed by atoms with E-state index >= 15 is 0 Å². The lowest BCUT2D eigenvalue weighted by Gasteiger charge is -2.22. The number of rotatable bonds is 2. The van der Waals surface area contributed by atoms with Gasteiger partial charge in [0.25, 0.3) is 0 Å². The van der Waals surface area contributed by atoms with E-state index in [4.69, 9.17) is 0 Å². The van der Waals surface area contributed by atoms with Gasteiger partial charge in [0.1, 0.15) is 9.84 Å². The normalized spacial score (nSPS) is 22.0. The standard InChI is InChI=1S/C8H13N3O2S/c12-14(13)3-1-7(2-4-14)11-8-5-9-10-6-8/h5-7,11H,1-4H2,(H,9,10). The molecule has 0 bridgehead atoms. The quantitative estimate of drug-likeness (QED) is 0.748. The van der Waals surface area contributed by atoms with Crippen molar-refractivity contribution in [1.29, 1.82) is 0 Å². The van der Waals surface area contributed by atoms with Gasteiger partial charge in [-0.3, -0.25) is 5.10 Å². The second kappa shape index (κ2) is 3.61. The van der Waals surface area contributed by atoms with Crippen molar-refractivity contribution in [2.45, 2.75) is 18.9 Å². The van der Waals surface area contributed by atoms with Gasteiger partial charge < -0.3 is 5.32 Å². The predicted molar refractivity (Wildman–Crippen MR) is 53.9 cm³/mol. The Kier molecular flexibility index (Phi) is 2.45. The van der Waals surface area contributed by atoms with Gasteiger partial charge in [-0.2, -0.15) is 5.10 Å².